The predicted molar refractivity (Wildman–Crippen MR) is 211 cm³/mol. The Hall–Kier alpha value is -4.78. The van der Waals surface area contributed by atoms with Gasteiger partial charge in [-0.15, -0.1) is 0 Å². The highest BCUT2D eigenvalue weighted by molar-refractivity contribution is 6.10. The third-order valence-electron chi connectivity index (χ3n) is 12.4. The molecule has 5 nitrogen and oxygen atoms in total. The lowest BCUT2D eigenvalue weighted by Crippen LogP contribution is -2.45. The number of alkyl halides is 2. The van der Waals surface area contributed by atoms with Crippen LogP contribution in [0.1, 0.15) is 88.6 Å². The van der Waals surface area contributed by atoms with E-state index in [4.69, 9.17) is 14.2 Å². The lowest BCUT2D eigenvalue weighted by Gasteiger charge is -2.52. The van der Waals surface area contributed by atoms with E-state index in [2.05, 4.69) is 81.5 Å². The summed E-state index contributed by atoms with van der Waals surface area (Å²) in [5, 5.41) is 4.30. The van der Waals surface area contributed by atoms with Crippen molar-refractivity contribution in [1.29, 1.82) is 0 Å². The molecule has 2 aliphatic heterocycles. The first-order valence-corrected chi connectivity index (χ1v) is 18.4. The van der Waals surface area contributed by atoms with Crippen molar-refractivity contribution in [3.63, 3.8) is 0 Å². The molecule has 5 aromatic carbocycles. The minimum atomic E-state index is -3.21. The van der Waals surface area contributed by atoms with Crippen molar-refractivity contribution in [2.24, 2.45) is 10.8 Å². The Labute approximate surface area is 312 Å². The minimum absolute atomic E-state index is 0. The average Bonchev–Trinajstić information content (AvgIpc) is 3.51. The number of ether oxygens (including phenoxy) is 3. The van der Waals surface area contributed by atoms with E-state index in [0.29, 0.717) is 17.8 Å². The number of halogens is 2. The Bertz CT molecular complexity index is 2200. The first-order valence-electron chi connectivity index (χ1n) is 18.4. The molecular weight excluding hydrogens is 667 g/mol. The molecule has 1 spiro atoms. The molecule has 0 aromatic heterocycles. The van der Waals surface area contributed by atoms with Crippen LogP contribution in [0.5, 0.6) is 17.2 Å². The maximum atomic E-state index is 15.3. The Balaban J connectivity index is 0.00000400. The average molecular weight is 717 g/mol. The number of methoxy groups -OCH3 is 2. The minimum Gasteiger partial charge on any atom is -0.497 e. The van der Waals surface area contributed by atoms with E-state index in [9.17, 15) is 0 Å². The zero-order valence-corrected chi connectivity index (χ0v) is 31.0. The molecule has 0 unspecified atom stereocenters. The molecule has 1 fully saturated rings. The van der Waals surface area contributed by atoms with Gasteiger partial charge in [0.1, 0.15) is 17.2 Å². The highest BCUT2D eigenvalue weighted by Crippen LogP contribution is 2.67. The van der Waals surface area contributed by atoms with E-state index in [1.165, 1.54) is 34.9 Å². The molecule has 0 amide bonds. The van der Waals surface area contributed by atoms with Gasteiger partial charge in [-0.3, -0.25) is 4.90 Å². The molecule has 9 rings (SSSR count). The lowest BCUT2D eigenvalue weighted by molar-refractivity contribution is 0.0407. The van der Waals surface area contributed by atoms with E-state index in [1.54, 1.807) is 14.2 Å². The van der Waals surface area contributed by atoms with Gasteiger partial charge in [0.2, 0.25) is 0 Å². The third-order valence-corrected chi connectivity index (χ3v) is 12.4. The van der Waals surface area contributed by atoms with E-state index in [1.807, 2.05) is 36.4 Å². The highest BCUT2D eigenvalue weighted by atomic mass is 19.3. The summed E-state index contributed by atoms with van der Waals surface area (Å²) in [5.74, 6) is 2.31. The molecule has 2 aliphatic carbocycles. The van der Waals surface area contributed by atoms with Crippen molar-refractivity contribution in [2.45, 2.75) is 84.4 Å². The van der Waals surface area contributed by atoms with Crippen LogP contribution in [0, 0.1) is 10.8 Å². The summed E-state index contributed by atoms with van der Waals surface area (Å²) in [7, 11) is 4.80. The fraction of sp³-hybridized carbons (Fsp3) is 0.391. The second kappa shape index (κ2) is 11.6. The number of anilines is 2. The Morgan fingerprint density at radius 2 is 1.34 bits per heavy atom. The van der Waals surface area contributed by atoms with Crippen molar-refractivity contribution < 1.29 is 23.0 Å². The number of nitrogens with zero attached hydrogens (tertiary/aromatic N) is 1. The van der Waals surface area contributed by atoms with Gasteiger partial charge in [-0.25, -0.2) is 0 Å². The van der Waals surface area contributed by atoms with Gasteiger partial charge in [0, 0.05) is 29.0 Å². The number of nitrogens with one attached hydrogen (secondary N) is 1. The van der Waals surface area contributed by atoms with Gasteiger partial charge in [-0.2, -0.15) is 8.78 Å². The lowest BCUT2D eigenvalue weighted by atomic mass is 9.52. The van der Waals surface area contributed by atoms with Crippen molar-refractivity contribution >= 4 is 22.1 Å². The van der Waals surface area contributed by atoms with Gasteiger partial charge >= 0.3 is 6.17 Å². The summed E-state index contributed by atoms with van der Waals surface area (Å²) in [6.45, 7) is 9.64. The van der Waals surface area contributed by atoms with Crippen molar-refractivity contribution in [1.82, 2.24) is 0 Å². The first kappa shape index (κ1) is 35.3. The van der Waals surface area contributed by atoms with E-state index in [0.717, 1.165) is 69.7 Å². The normalized spacial score (nSPS) is 20.3. The van der Waals surface area contributed by atoms with Gasteiger partial charge < -0.3 is 19.5 Å². The monoisotopic (exact) mass is 716 g/mol. The molecule has 0 bridgehead atoms. The summed E-state index contributed by atoms with van der Waals surface area (Å²) >= 11 is 0. The van der Waals surface area contributed by atoms with Gasteiger partial charge in [-0.1, -0.05) is 83.7 Å². The molecular formula is C46H50F2N2O3. The summed E-state index contributed by atoms with van der Waals surface area (Å²) in [5.41, 5.74) is 8.18. The number of hydrogen-bond donors (Lipinski definition) is 1. The van der Waals surface area contributed by atoms with Crippen molar-refractivity contribution in [3.8, 4) is 28.4 Å². The van der Waals surface area contributed by atoms with Crippen LogP contribution >= 0.6 is 0 Å². The summed E-state index contributed by atoms with van der Waals surface area (Å²) in [6, 6.07) is 29.0. The molecule has 276 valence electrons. The van der Waals surface area contributed by atoms with Crippen LogP contribution in [0.4, 0.5) is 20.2 Å². The van der Waals surface area contributed by atoms with Crippen LogP contribution < -0.4 is 24.4 Å². The maximum absolute atomic E-state index is 15.3. The quantitative estimate of drug-likeness (QED) is 0.188. The van der Waals surface area contributed by atoms with Crippen LogP contribution in [0.25, 0.3) is 21.9 Å². The summed E-state index contributed by atoms with van der Waals surface area (Å²) in [6.07, 6.45) is 1.36. The van der Waals surface area contributed by atoms with E-state index >= 15 is 8.78 Å². The van der Waals surface area contributed by atoms with Crippen LogP contribution in [-0.2, 0) is 17.4 Å². The van der Waals surface area contributed by atoms with Gasteiger partial charge in [0.25, 0.3) is 0 Å². The van der Waals surface area contributed by atoms with Crippen LogP contribution in [0.2, 0.25) is 0 Å². The SMILES string of the molecule is C.COc1ccc(C2(c3ccc(OC)cc3)CCc3c4c(c5cc6c(cc5c3O2)NC(F)(F)N6C)-c2ccccc2C42CC(C)(C)CC(C)(C)C2)cc1. The molecule has 5 aromatic rings. The maximum Gasteiger partial charge on any atom is 0.411 e. The Morgan fingerprint density at radius 3 is 1.92 bits per heavy atom. The molecule has 1 N–H and O–H groups in total. The zero-order valence-electron chi connectivity index (χ0n) is 31.0. The topological polar surface area (TPSA) is 43.0 Å². The largest absolute Gasteiger partial charge is 0.497 e. The molecule has 1 saturated carbocycles. The summed E-state index contributed by atoms with van der Waals surface area (Å²) < 4.78 is 49.4. The number of benzene rings is 5. The van der Waals surface area contributed by atoms with Crippen LogP contribution in [-0.4, -0.2) is 27.4 Å². The zero-order chi connectivity index (χ0) is 36.4. The molecule has 53 heavy (non-hydrogen) atoms. The second-order valence-electron chi connectivity index (χ2n) is 17.1. The van der Waals surface area contributed by atoms with E-state index < -0.39 is 11.8 Å². The highest BCUT2D eigenvalue weighted by Gasteiger charge is 2.56. The number of rotatable bonds is 4. The van der Waals surface area contributed by atoms with Crippen molar-refractivity contribution in [3.05, 3.63) is 113 Å². The molecule has 0 saturated heterocycles. The fourth-order valence-corrected chi connectivity index (χ4v) is 11.0. The van der Waals surface area contributed by atoms with Gasteiger partial charge in [0.05, 0.1) is 25.6 Å². The van der Waals surface area contributed by atoms with Crippen LogP contribution in [0.15, 0.2) is 84.9 Å². The van der Waals surface area contributed by atoms with Gasteiger partial charge in [-0.05, 0) is 113 Å². The standard InChI is InChI=1S/C45H46F2N2O3.CH4/c1-41(2)24-42(3,4)26-43(25-41)35-11-9-8-10-31(35)38-33-23-37-36(48-45(46,47)49(37)5)22-34(33)40-32(39(38)43)20-21-44(52-40,27-12-16-29(50-6)17-13-27)28-14-18-30(51-7)19-15-28;/h8-19,22-23,48H,20-21,24-26H2,1-7H3;1H4. The third kappa shape index (κ3) is 5.05. The van der Waals surface area contributed by atoms with E-state index in [-0.39, 0.29) is 23.7 Å². The van der Waals surface area contributed by atoms with Crippen molar-refractivity contribution in [2.75, 3.05) is 31.5 Å². The molecule has 0 atom stereocenters. The first-order chi connectivity index (χ1) is 24.7. The Morgan fingerprint density at radius 1 is 0.755 bits per heavy atom. The molecule has 2 heterocycles. The fourth-order valence-electron chi connectivity index (χ4n) is 11.0. The summed E-state index contributed by atoms with van der Waals surface area (Å²) in [4.78, 5) is 1.05. The number of hydrogen-bond acceptors (Lipinski definition) is 5. The Kier molecular flexibility index (Phi) is 7.72. The smallest absolute Gasteiger partial charge is 0.411 e. The number of fused-ring (bicyclic) bond motifs is 11. The second-order valence-corrected chi connectivity index (χ2v) is 17.1. The van der Waals surface area contributed by atoms with Gasteiger partial charge in [0.15, 0.2) is 5.60 Å². The molecule has 7 heteroatoms. The molecule has 0 radical (unpaired) electrons. The van der Waals surface area contributed by atoms with Crippen LogP contribution in [0.3, 0.4) is 0 Å². The molecule has 4 aliphatic rings. The predicted octanol–water partition coefficient (Wildman–Crippen LogP) is 11.7.